The van der Waals surface area contributed by atoms with E-state index in [1.807, 2.05) is 48.5 Å². The summed E-state index contributed by atoms with van der Waals surface area (Å²) in [5, 5.41) is 2.20. The van der Waals surface area contributed by atoms with Gasteiger partial charge in [-0.05, 0) is 88.0 Å². The van der Waals surface area contributed by atoms with Crippen molar-refractivity contribution < 1.29 is 23.9 Å². The molecule has 178 valence electrons. The van der Waals surface area contributed by atoms with Gasteiger partial charge in [0.1, 0.15) is 24.7 Å². The average Bonchev–Trinajstić information content (AvgIpc) is 3.12. The molecule has 7 nitrogen and oxygen atoms in total. The molecule has 1 aliphatic heterocycles. The number of nitrogens with one attached hydrogen (secondary N) is 1. The summed E-state index contributed by atoms with van der Waals surface area (Å²) in [5.41, 5.74) is 2.37. The van der Waals surface area contributed by atoms with Gasteiger partial charge in [0, 0.05) is 5.69 Å². The van der Waals surface area contributed by atoms with Gasteiger partial charge in [0.25, 0.3) is 11.1 Å². The molecule has 0 aliphatic carbocycles. The predicted molar refractivity (Wildman–Crippen MR) is 144 cm³/mol. The zero-order valence-corrected chi connectivity index (χ0v) is 21.7. The number of thioether (sulfide) groups is 1. The van der Waals surface area contributed by atoms with Crippen molar-refractivity contribution in [1.82, 2.24) is 4.90 Å². The zero-order chi connectivity index (χ0) is 24.8. The largest absolute Gasteiger partial charge is 0.497 e. The maximum atomic E-state index is 12.8. The lowest BCUT2D eigenvalue weighted by Crippen LogP contribution is -2.36. The minimum Gasteiger partial charge on any atom is -0.497 e. The van der Waals surface area contributed by atoms with E-state index >= 15 is 0 Å². The number of hydrogen-bond donors (Lipinski definition) is 1. The number of rotatable bonds is 8. The first kappa shape index (κ1) is 24.8. The number of hydrogen-bond acceptors (Lipinski definition) is 6. The Morgan fingerprint density at radius 3 is 2.49 bits per heavy atom. The number of benzene rings is 3. The first-order valence-corrected chi connectivity index (χ1v) is 12.5. The number of nitrogens with zero attached hydrogens (tertiary/aromatic N) is 1. The highest BCUT2D eigenvalue weighted by Crippen LogP contribution is 2.33. The highest BCUT2D eigenvalue weighted by atomic mass is 127. The van der Waals surface area contributed by atoms with Gasteiger partial charge in [-0.2, -0.15) is 0 Å². The standard InChI is InChI=1S/C26H21IN2O5S/c1-33-20-10-8-19(9-11-20)28-24(30)15-29-25(31)23(35-26(29)32)14-18-7-12-22(21(27)13-18)34-16-17-5-3-2-4-6-17/h2-14H,15-16H2,1H3,(H,28,30)/b23-14+. The normalized spacial score (nSPS) is 14.3. The minimum atomic E-state index is -0.496. The van der Waals surface area contributed by atoms with Crippen LogP contribution < -0.4 is 14.8 Å². The van der Waals surface area contributed by atoms with Gasteiger partial charge >= 0.3 is 0 Å². The van der Waals surface area contributed by atoms with E-state index in [0.29, 0.717) is 18.0 Å². The predicted octanol–water partition coefficient (Wildman–Crippen LogP) is 5.55. The third kappa shape index (κ3) is 6.43. The van der Waals surface area contributed by atoms with Crippen molar-refractivity contribution in [2.75, 3.05) is 19.0 Å². The van der Waals surface area contributed by atoms with Gasteiger partial charge in [-0.15, -0.1) is 0 Å². The second-order valence-corrected chi connectivity index (χ2v) is 9.66. The maximum absolute atomic E-state index is 12.8. The van der Waals surface area contributed by atoms with Crippen LogP contribution in [0.4, 0.5) is 10.5 Å². The van der Waals surface area contributed by atoms with E-state index < -0.39 is 17.1 Å². The van der Waals surface area contributed by atoms with Gasteiger partial charge in [-0.1, -0.05) is 36.4 Å². The third-order valence-corrected chi connectivity index (χ3v) is 6.79. The number of halogens is 1. The summed E-state index contributed by atoms with van der Waals surface area (Å²) < 4.78 is 11.9. The number of imide groups is 1. The van der Waals surface area contributed by atoms with Crippen LogP contribution in [0.1, 0.15) is 11.1 Å². The van der Waals surface area contributed by atoms with Crippen LogP contribution in [0.2, 0.25) is 0 Å². The summed E-state index contributed by atoms with van der Waals surface area (Å²) in [6.07, 6.45) is 1.65. The van der Waals surface area contributed by atoms with Crippen molar-refractivity contribution in [2.24, 2.45) is 0 Å². The lowest BCUT2D eigenvalue weighted by Gasteiger charge is -2.12. The van der Waals surface area contributed by atoms with Gasteiger partial charge in [0.15, 0.2) is 0 Å². The number of anilines is 1. The van der Waals surface area contributed by atoms with Crippen molar-refractivity contribution in [3.63, 3.8) is 0 Å². The Kier molecular flexibility index (Phi) is 8.09. The zero-order valence-electron chi connectivity index (χ0n) is 18.7. The highest BCUT2D eigenvalue weighted by Gasteiger charge is 2.36. The second kappa shape index (κ2) is 11.4. The molecule has 3 aromatic rings. The molecule has 9 heteroatoms. The number of amides is 3. The highest BCUT2D eigenvalue weighted by molar-refractivity contribution is 14.1. The fourth-order valence-electron chi connectivity index (χ4n) is 3.27. The third-order valence-electron chi connectivity index (χ3n) is 5.04. The summed E-state index contributed by atoms with van der Waals surface area (Å²) >= 11 is 2.99. The molecule has 0 saturated carbocycles. The molecule has 1 fully saturated rings. The molecule has 0 atom stereocenters. The van der Waals surface area contributed by atoms with E-state index in [-0.39, 0.29) is 11.4 Å². The lowest BCUT2D eigenvalue weighted by atomic mass is 10.2. The molecule has 0 spiro atoms. The van der Waals surface area contributed by atoms with Crippen molar-refractivity contribution in [3.8, 4) is 11.5 Å². The van der Waals surface area contributed by atoms with E-state index in [9.17, 15) is 14.4 Å². The molecular formula is C26H21IN2O5S. The molecule has 1 heterocycles. The summed E-state index contributed by atoms with van der Waals surface area (Å²) in [4.78, 5) is 38.8. The van der Waals surface area contributed by atoms with Gasteiger partial charge in [-0.25, -0.2) is 0 Å². The van der Waals surface area contributed by atoms with Crippen LogP contribution in [0.25, 0.3) is 6.08 Å². The van der Waals surface area contributed by atoms with Crippen LogP contribution in [0.3, 0.4) is 0 Å². The number of carbonyl (C=O) groups excluding carboxylic acids is 3. The summed E-state index contributed by atoms with van der Waals surface area (Å²) in [6.45, 7) is 0.0888. The number of carbonyl (C=O) groups is 3. The lowest BCUT2D eigenvalue weighted by molar-refractivity contribution is -0.127. The van der Waals surface area contributed by atoms with E-state index in [1.165, 1.54) is 0 Å². The van der Waals surface area contributed by atoms with Gasteiger partial charge in [-0.3, -0.25) is 19.3 Å². The summed E-state index contributed by atoms with van der Waals surface area (Å²) in [6, 6.07) is 22.2. The Morgan fingerprint density at radius 1 is 1.06 bits per heavy atom. The van der Waals surface area contributed by atoms with E-state index in [2.05, 4.69) is 27.9 Å². The first-order valence-electron chi connectivity index (χ1n) is 10.6. The molecule has 1 saturated heterocycles. The molecular weight excluding hydrogens is 579 g/mol. The summed E-state index contributed by atoms with van der Waals surface area (Å²) in [7, 11) is 1.55. The maximum Gasteiger partial charge on any atom is 0.294 e. The monoisotopic (exact) mass is 600 g/mol. The average molecular weight is 600 g/mol. The molecule has 0 unspecified atom stereocenters. The Bertz CT molecular complexity index is 1280. The van der Waals surface area contributed by atoms with Crippen LogP contribution in [0, 0.1) is 3.57 Å². The van der Waals surface area contributed by atoms with E-state index in [4.69, 9.17) is 9.47 Å². The SMILES string of the molecule is COc1ccc(NC(=O)CN2C(=O)S/C(=C/c3ccc(OCc4ccccc4)c(I)c3)C2=O)cc1. The molecule has 3 aromatic carbocycles. The fourth-order valence-corrected chi connectivity index (χ4v) is 4.80. The Balaban J connectivity index is 1.38. The summed E-state index contributed by atoms with van der Waals surface area (Å²) in [5.74, 6) is 0.428. The van der Waals surface area contributed by atoms with Crippen LogP contribution in [0.5, 0.6) is 11.5 Å². The second-order valence-electron chi connectivity index (χ2n) is 7.51. The van der Waals surface area contributed by atoms with Gasteiger partial charge in [0.05, 0.1) is 15.6 Å². The molecule has 3 amide bonds. The number of ether oxygens (including phenoxy) is 2. The van der Waals surface area contributed by atoms with Crippen LogP contribution >= 0.6 is 34.4 Å². The molecule has 0 bridgehead atoms. The van der Waals surface area contributed by atoms with Gasteiger partial charge < -0.3 is 14.8 Å². The van der Waals surface area contributed by atoms with Crippen LogP contribution in [0.15, 0.2) is 77.7 Å². The van der Waals surface area contributed by atoms with Crippen molar-refractivity contribution in [2.45, 2.75) is 6.61 Å². The minimum absolute atomic E-state index is 0.265. The van der Waals surface area contributed by atoms with Crippen molar-refractivity contribution in [1.29, 1.82) is 0 Å². The first-order chi connectivity index (χ1) is 16.9. The fraction of sp³-hybridized carbons (Fsp3) is 0.115. The molecule has 35 heavy (non-hydrogen) atoms. The molecule has 0 aromatic heterocycles. The number of methoxy groups -OCH3 is 1. The quantitative estimate of drug-likeness (QED) is 0.270. The Hall–Kier alpha value is -3.31. The smallest absolute Gasteiger partial charge is 0.294 e. The Morgan fingerprint density at radius 2 is 1.80 bits per heavy atom. The molecule has 1 aliphatic rings. The van der Waals surface area contributed by atoms with E-state index in [0.717, 1.165) is 37.1 Å². The van der Waals surface area contributed by atoms with Crippen molar-refractivity contribution in [3.05, 3.63) is 92.4 Å². The molecule has 0 radical (unpaired) electrons. The van der Waals surface area contributed by atoms with Gasteiger partial charge in [0.2, 0.25) is 5.91 Å². The topological polar surface area (TPSA) is 84.9 Å². The van der Waals surface area contributed by atoms with Crippen LogP contribution in [-0.2, 0) is 16.2 Å². The van der Waals surface area contributed by atoms with E-state index in [1.54, 1.807) is 37.5 Å². The molecule has 4 rings (SSSR count). The Labute approximate surface area is 220 Å². The molecule has 1 N–H and O–H groups in total. The van der Waals surface area contributed by atoms with Crippen molar-refractivity contribution >= 4 is 63.2 Å². The van der Waals surface area contributed by atoms with Crippen LogP contribution in [-0.4, -0.2) is 35.6 Å².